The molecular formula is C16H22N2O3. The number of nitro benzene ring substituents is 1. The molecule has 2 rings (SSSR count). The second-order valence-electron chi connectivity index (χ2n) is 6.52. The molecule has 114 valence electrons. The molecule has 1 aromatic rings. The summed E-state index contributed by atoms with van der Waals surface area (Å²) >= 11 is 0. The molecule has 1 fully saturated rings. The van der Waals surface area contributed by atoms with Gasteiger partial charge in [-0.1, -0.05) is 13.8 Å². The van der Waals surface area contributed by atoms with Gasteiger partial charge in [-0.2, -0.15) is 0 Å². The number of rotatable bonds is 4. The Hall–Kier alpha value is -1.75. The summed E-state index contributed by atoms with van der Waals surface area (Å²) in [7, 11) is 0. The number of carbonyl (C=O) groups excluding carboxylic acids is 1. The third-order valence-electron chi connectivity index (χ3n) is 4.20. The molecule has 1 aliphatic heterocycles. The lowest BCUT2D eigenvalue weighted by molar-refractivity contribution is -0.384. The molecule has 5 heteroatoms. The highest BCUT2D eigenvalue weighted by atomic mass is 16.6. The zero-order valence-corrected chi connectivity index (χ0v) is 12.7. The third kappa shape index (κ3) is 4.36. The Morgan fingerprint density at radius 2 is 1.90 bits per heavy atom. The summed E-state index contributed by atoms with van der Waals surface area (Å²) in [5, 5.41) is 10.6. The fraction of sp³-hybridized carbons (Fsp3) is 0.562. The number of Topliss-reactive ketones (excluding diaryl/α,β-unsaturated/α-hetero) is 1. The van der Waals surface area contributed by atoms with Gasteiger partial charge in [-0.05, 0) is 49.9 Å². The van der Waals surface area contributed by atoms with E-state index in [1.165, 1.54) is 18.6 Å². The zero-order chi connectivity index (χ0) is 15.5. The van der Waals surface area contributed by atoms with E-state index in [4.69, 9.17) is 0 Å². The van der Waals surface area contributed by atoms with Crippen molar-refractivity contribution >= 4 is 11.5 Å². The van der Waals surface area contributed by atoms with Crippen molar-refractivity contribution in [1.82, 2.24) is 4.90 Å². The van der Waals surface area contributed by atoms with E-state index in [2.05, 4.69) is 18.7 Å². The van der Waals surface area contributed by atoms with Crippen molar-refractivity contribution in [2.45, 2.75) is 33.1 Å². The van der Waals surface area contributed by atoms with Crippen LogP contribution in [0.5, 0.6) is 0 Å². The molecule has 0 saturated carbocycles. The molecule has 0 radical (unpaired) electrons. The summed E-state index contributed by atoms with van der Waals surface area (Å²) in [6.07, 6.45) is 3.40. The van der Waals surface area contributed by atoms with Gasteiger partial charge in [0.1, 0.15) is 0 Å². The van der Waals surface area contributed by atoms with Gasteiger partial charge < -0.3 is 0 Å². The molecule has 0 amide bonds. The van der Waals surface area contributed by atoms with E-state index >= 15 is 0 Å². The van der Waals surface area contributed by atoms with E-state index in [1.54, 1.807) is 12.1 Å². The van der Waals surface area contributed by atoms with Gasteiger partial charge in [0.2, 0.25) is 0 Å². The fourth-order valence-corrected chi connectivity index (χ4v) is 2.70. The molecule has 5 nitrogen and oxygen atoms in total. The highest BCUT2D eigenvalue weighted by molar-refractivity contribution is 5.97. The largest absolute Gasteiger partial charge is 0.296 e. The second-order valence-corrected chi connectivity index (χ2v) is 6.52. The van der Waals surface area contributed by atoms with Crippen molar-refractivity contribution < 1.29 is 9.72 Å². The monoisotopic (exact) mass is 290 g/mol. The van der Waals surface area contributed by atoms with Gasteiger partial charge in [-0.15, -0.1) is 0 Å². The minimum atomic E-state index is -0.453. The first-order chi connectivity index (χ1) is 9.87. The van der Waals surface area contributed by atoms with Crippen LogP contribution in [-0.2, 0) is 0 Å². The number of nitro groups is 1. The molecule has 0 unspecified atom stereocenters. The molecule has 0 bridgehead atoms. The first kappa shape index (κ1) is 15.6. The zero-order valence-electron chi connectivity index (χ0n) is 12.7. The van der Waals surface area contributed by atoms with Crippen molar-refractivity contribution in [3.05, 3.63) is 39.9 Å². The number of hydrogen-bond acceptors (Lipinski definition) is 4. The second kappa shape index (κ2) is 6.35. The Morgan fingerprint density at radius 3 is 2.52 bits per heavy atom. The first-order valence-corrected chi connectivity index (χ1v) is 7.37. The van der Waals surface area contributed by atoms with Gasteiger partial charge in [0.15, 0.2) is 5.78 Å². The van der Waals surface area contributed by atoms with Crippen LogP contribution in [0.3, 0.4) is 0 Å². The lowest BCUT2D eigenvalue weighted by Crippen LogP contribution is -2.31. The number of non-ortho nitro benzene ring substituents is 1. The van der Waals surface area contributed by atoms with Crippen molar-refractivity contribution in [1.29, 1.82) is 0 Å². The van der Waals surface area contributed by atoms with E-state index in [9.17, 15) is 14.9 Å². The van der Waals surface area contributed by atoms with E-state index < -0.39 is 4.92 Å². The van der Waals surface area contributed by atoms with E-state index in [-0.39, 0.29) is 11.5 Å². The maximum Gasteiger partial charge on any atom is 0.269 e. The van der Waals surface area contributed by atoms with Crippen LogP contribution in [0.2, 0.25) is 0 Å². The molecule has 0 aromatic heterocycles. The summed E-state index contributed by atoms with van der Waals surface area (Å²) < 4.78 is 0. The number of benzene rings is 1. The van der Waals surface area contributed by atoms with Crippen molar-refractivity contribution in [3.63, 3.8) is 0 Å². The standard InChI is InChI=1S/C16H22N2O3/c1-16(2)8-3-10-17(11-9-16)12-15(19)13-4-6-14(7-5-13)18(20)21/h4-7H,3,8-12H2,1-2H3. The molecule has 0 N–H and O–H groups in total. The molecule has 21 heavy (non-hydrogen) atoms. The predicted octanol–water partition coefficient (Wildman–Crippen LogP) is 3.29. The van der Waals surface area contributed by atoms with Crippen LogP contribution in [0.4, 0.5) is 5.69 Å². The Morgan fingerprint density at radius 1 is 1.24 bits per heavy atom. The minimum Gasteiger partial charge on any atom is -0.296 e. The van der Waals surface area contributed by atoms with Crippen LogP contribution >= 0.6 is 0 Å². The number of likely N-dealkylation sites (tertiary alicyclic amines) is 1. The number of carbonyl (C=O) groups is 1. The van der Waals surface area contributed by atoms with Crippen LogP contribution in [0.15, 0.2) is 24.3 Å². The van der Waals surface area contributed by atoms with Crippen molar-refractivity contribution in [2.24, 2.45) is 5.41 Å². The van der Waals surface area contributed by atoms with Crippen LogP contribution in [-0.4, -0.2) is 35.2 Å². The minimum absolute atomic E-state index is 0.0167. The highest BCUT2D eigenvalue weighted by Crippen LogP contribution is 2.29. The first-order valence-electron chi connectivity index (χ1n) is 7.37. The normalized spacial score (nSPS) is 19.0. The van der Waals surface area contributed by atoms with Gasteiger partial charge in [0, 0.05) is 17.7 Å². The quantitative estimate of drug-likeness (QED) is 0.485. The Bertz CT molecular complexity index is 523. The Kier molecular flexibility index (Phi) is 4.73. The summed E-state index contributed by atoms with van der Waals surface area (Å²) in [4.78, 5) is 24.6. The van der Waals surface area contributed by atoms with Crippen LogP contribution in [0.25, 0.3) is 0 Å². The Labute approximate surface area is 125 Å². The molecule has 0 aliphatic carbocycles. The van der Waals surface area contributed by atoms with Gasteiger partial charge >= 0.3 is 0 Å². The maximum absolute atomic E-state index is 12.3. The summed E-state index contributed by atoms with van der Waals surface area (Å²) in [6.45, 7) is 6.82. The van der Waals surface area contributed by atoms with Gasteiger partial charge in [0.05, 0.1) is 11.5 Å². The number of ketones is 1. The maximum atomic E-state index is 12.3. The lowest BCUT2D eigenvalue weighted by atomic mass is 9.85. The average Bonchev–Trinajstić information content (AvgIpc) is 2.60. The molecule has 1 aliphatic rings. The van der Waals surface area contributed by atoms with E-state index in [0.29, 0.717) is 17.5 Å². The predicted molar refractivity (Wildman–Crippen MR) is 81.5 cm³/mol. The van der Waals surface area contributed by atoms with Gasteiger partial charge in [-0.3, -0.25) is 19.8 Å². The molecule has 0 atom stereocenters. The molecule has 1 heterocycles. The summed E-state index contributed by atoms with van der Waals surface area (Å²) in [5.74, 6) is 0.0320. The van der Waals surface area contributed by atoms with Crippen LogP contribution in [0.1, 0.15) is 43.5 Å². The topological polar surface area (TPSA) is 63.5 Å². The number of nitrogens with zero attached hydrogens (tertiary/aromatic N) is 2. The molecule has 1 aromatic carbocycles. The molecule has 0 spiro atoms. The third-order valence-corrected chi connectivity index (χ3v) is 4.20. The van der Waals surface area contributed by atoms with E-state index in [1.807, 2.05) is 0 Å². The molecule has 1 saturated heterocycles. The SMILES string of the molecule is CC1(C)CCCN(CC(=O)c2ccc([N+](=O)[O-])cc2)CC1. The van der Waals surface area contributed by atoms with Crippen LogP contribution in [0, 0.1) is 15.5 Å². The van der Waals surface area contributed by atoms with E-state index in [0.717, 1.165) is 25.9 Å². The number of hydrogen-bond donors (Lipinski definition) is 0. The van der Waals surface area contributed by atoms with Crippen LogP contribution < -0.4 is 0 Å². The fourth-order valence-electron chi connectivity index (χ4n) is 2.70. The summed E-state index contributed by atoms with van der Waals surface area (Å²) in [6, 6.07) is 5.86. The van der Waals surface area contributed by atoms with Gasteiger partial charge in [-0.25, -0.2) is 0 Å². The Balaban J connectivity index is 1.96. The lowest BCUT2D eigenvalue weighted by Gasteiger charge is -2.22. The van der Waals surface area contributed by atoms with Gasteiger partial charge in [0.25, 0.3) is 5.69 Å². The highest BCUT2D eigenvalue weighted by Gasteiger charge is 2.24. The average molecular weight is 290 g/mol. The smallest absolute Gasteiger partial charge is 0.269 e. The van der Waals surface area contributed by atoms with Crippen molar-refractivity contribution in [2.75, 3.05) is 19.6 Å². The van der Waals surface area contributed by atoms with Crippen molar-refractivity contribution in [3.8, 4) is 0 Å². The molecular weight excluding hydrogens is 268 g/mol. The summed E-state index contributed by atoms with van der Waals surface area (Å²) in [5.41, 5.74) is 0.915.